The van der Waals surface area contributed by atoms with Crippen molar-refractivity contribution in [3.63, 3.8) is 0 Å². The molecule has 192 valence electrons. The zero-order chi connectivity index (χ0) is 25.9. The van der Waals surface area contributed by atoms with Gasteiger partial charge in [0.25, 0.3) is 5.91 Å². The van der Waals surface area contributed by atoms with Crippen LogP contribution in [0.15, 0.2) is 77.6 Å². The Balaban J connectivity index is 1.48. The fourth-order valence-corrected chi connectivity index (χ4v) is 4.96. The van der Waals surface area contributed by atoms with E-state index in [0.717, 1.165) is 16.9 Å². The van der Waals surface area contributed by atoms with Crippen LogP contribution in [0, 0.1) is 12.8 Å². The molecule has 1 fully saturated rings. The lowest BCUT2D eigenvalue weighted by molar-refractivity contribution is -0.125. The van der Waals surface area contributed by atoms with Crippen LogP contribution in [0.5, 0.6) is 5.75 Å². The molecule has 1 N–H and O–H groups in total. The van der Waals surface area contributed by atoms with Crippen molar-refractivity contribution in [1.82, 2.24) is 19.4 Å². The van der Waals surface area contributed by atoms with Crippen LogP contribution in [0.1, 0.15) is 24.1 Å². The predicted molar refractivity (Wildman–Crippen MR) is 140 cm³/mol. The second-order valence-corrected chi connectivity index (χ2v) is 9.26. The van der Waals surface area contributed by atoms with E-state index in [1.54, 1.807) is 36.6 Å². The third-order valence-electron chi connectivity index (χ3n) is 6.78. The lowest BCUT2D eigenvalue weighted by atomic mass is 9.92. The van der Waals surface area contributed by atoms with Crippen LogP contribution in [0.2, 0.25) is 0 Å². The number of hydrogen-bond donors (Lipinski definition) is 1. The Morgan fingerprint density at radius 3 is 2.92 bits per heavy atom. The van der Waals surface area contributed by atoms with Crippen molar-refractivity contribution >= 4 is 17.9 Å². The molecule has 37 heavy (non-hydrogen) atoms. The van der Waals surface area contributed by atoms with Crippen molar-refractivity contribution in [3.05, 3.63) is 83.9 Å². The van der Waals surface area contributed by atoms with Gasteiger partial charge in [-0.2, -0.15) is 0 Å². The lowest BCUT2D eigenvalue weighted by Gasteiger charge is -2.42. The Morgan fingerprint density at radius 1 is 1.30 bits per heavy atom. The van der Waals surface area contributed by atoms with E-state index < -0.39 is 0 Å². The molecule has 2 aromatic rings. The first-order valence-electron chi connectivity index (χ1n) is 12.4. The fraction of sp³-hybridized carbons (Fsp3) is 0.321. The smallest absolute Gasteiger partial charge is 0.279 e. The number of aromatic nitrogens is 2. The number of guanidine groups is 1. The SMILES string of the molecule is COc1cc(/C=C2\N=C3N(CCCO)CCC(C4C=CC=C(F)C=C4)N3C2=O)ccc1-n1cnc(C)c1. The van der Waals surface area contributed by atoms with Crippen molar-refractivity contribution in [3.8, 4) is 11.4 Å². The third-order valence-corrected chi connectivity index (χ3v) is 6.78. The summed E-state index contributed by atoms with van der Waals surface area (Å²) in [4.78, 5) is 26.5. The van der Waals surface area contributed by atoms with Crippen LogP contribution in [-0.2, 0) is 4.79 Å². The molecule has 3 aliphatic rings. The molecule has 1 saturated heterocycles. The number of nitrogens with zero attached hydrogens (tertiary/aromatic N) is 5. The Morgan fingerprint density at radius 2 is 2.16 bits per heavy atom. The maximum atomic E-state index is 13.8. The summed E-state index contributed by atoms with van der Waals surface area (Å²) >= 11 is 0. The number of carbonyl (C=O) groups excluding carboxylic acids is 1. The summed E-state index contributed by atoms with van der Waals surface area (Å²) in [6, 6.07) is 5.52. The van der Waals surface area contributed by atoms with Gasteiger partial charge in [-0.3, -0.25) is 9.69 Å². The van der Waals surface area contributed by atoms with Crippen molar-refractivity contribution in [2.24, 2.45) is 10.9 Å². The Kier molecular flexibility index (Phi) is 7.05. The summed E-state index contributed by atoms with van der Waals surface area (Å²) in [5.74, 6) is 0.577. The summed E-state index contributed by atoms with van der Waals surface area (Å²) in [5.41, 5.74) is 2.85. The molecule has 1 amide bonds. The van der Waals surface area contributed by atoms with Crippen molar-refractivity contribution < 1.29 is 19.0 Å². The molecule has 3 heterocycles. The second kappa shape index (κ2) is 10.6. The minimum Gasteiger partial charge on any atom is -0.495 e. The summed E-state index contributed by atoms with van der Waals surface area (Å²) in [6.45, 7) is 3.28. The van der Waals surface area contributed by atoms with Gasteiger partial charge in [-0.05, 0) is 55.7 Å². The van der Waals surface area contributed by atoms with E-state index in [4.69, 9.17) is 9.73 Å². The van der Waals surface area contributed by atoms with Gasteiger partial charge >= 0.3 is 0 Å². The Labute approximate surface area is 215 Å². The number of fused-ring (bicyclic) bond motifs is 1. The van der Waals surface area contributed by atoms with E-state index in [-0.39, 0.29) is 30.3 Å². The van der Waals surface area contributed by atoms with Crippen molar-refractivity contribution in [2.45, 2.75) is 25.8 Å². The number of imidazole rings is 1. The predicted octanol–water partition coefficient (Wildman–Crippen LogP) is 3.78. The number of halogens is 1. The molecule has 9 heteroatoms. The first kappa shape index (κ1) is 24.7. The minimum atomic E-state index is -0.315. The number of aliphatic hydroxyl groups is 1. The molecule has 2 unspecified atom stereocenters. The van der Waals surface area contributed by atoms with E-state index >= 15 is 0 Å². The third kappa shape index (κ3) is 4.99. The van der Waals surface area contributed by atoms with Crippen LogP contribution in [0.4, 0.5) is 4.39 Å². The van der Waals surface area contributed by atoms with Crippen LogP contribution >= 0.6 is 0 Å². The van der Waals surface area contributed by atoms with Crippen LogP contribution in [0.3, 0.4) is 0 Å². The first-order valence-corrected chi connectivity index (χ1v) is 12.4. The highest BCUT2D eigenvalue weighted by molar-refractivity contribution is 6.14. The fourth-order valence-electron chi connectivity index (χ4n) is 4.96. The molecule has 2 atom stereocenters. The monoisotopic (exact) mass is 503 g/mol. The van der Waals surface area contributed by atoms with E-state index in [1.807, 2.05) is 46.9 Å². The highest BCUT2D eigenvalue weighted by Crippen LogP contribution is 2.33. The van der Waals surface area contributed by atoms with Gasteiger partial charge in [-0.25, -0.2) is 14.4 Å². The number of methoxy groups -OCH3 is 1. The highest BCUT2D eigenvalue weighted by Gasteiger charge is 2.43. The molecule has 8 nitrogen and oxygen atoms in total. The molecule has 0 bridgehead atoms. The van der Waals surface area contributed by atoms with E-state index in [0.29, 0.717) is 43.3 Å². The summed E-state index contributed by atoms with van der Waals surface area (Å²) in [5, 5.41) is 9.37. The zero-order valence-corrected chi connectivity index (χ0v) is 20.9. The van der Waals surface area contributed by atoms with Gasteiger partial charge in [0, 0.05) is 31.8 Å². The number of ether oxygens (including phenoxy) is 1. The normalized spacial score (nSPS) is 22.3. The topological polar surface area (TPSA) is 83.2 Å². The van der Waals surface area contributed by atoms with E-state index in [2.05, 4.69) is 4.98 Å². The van der Waals surface area contributed by atoms with Crippen LogP contribution in [-0.4, -0.2) is 69.2 Å². The van der Waals surface area contributed by atoms with Gasteiger partial charge in [0.1, 0.15) is 17.3 Å². The van der Waals surface area contributed by atoms with Gasteiger partial charge in [-0.1, -0.05) is 24.3 Å². The molecule has 1 aromatic heterocycles. The number of benzene rings is 1. The number of hydrogen-bond acceptors (Lipinski definition) is 6. The largest absolute Gasteiger partial charge is 0.495 e. The Hall–Kier alpha value is -3.98. The van der Waals surface area contributed by atoms with Gasteiger partial charge in [0.2, 0.25) is 5.96 Å². The second-order valence-electron chi connectivity index (χ2n) is 9.26. The molecule has 2 aliphatic heterocycles. The minimum absolute atomic E-state index is 0.0610. The van der Waals surface area contributed by atoms with Gasteiger partial charge in [0.05, 0.1) is 30.9 Å². The van der Waals surface area contributed by atoms with Crippen LogP contribution in [0.25, 0.3) is 11.8 Å². The number of aliphatic imine (C=N–C) groups is 1. The molecule has 1 aliphatic carbocycles. The molecule has 0 spiro atoms. The van der Waals surface area contributed by atoms with Gasteiger partial charge < -0.3 is 19.3 Å². The van der Waals surface area contributed by atoms with Crippen molar-refractivity contribution in [2.75, 3.05) is 26.8 Å². The zero-order valence-electron chi connectivity index (χ0n) is 20.9. The maximum absolute atomic E-state index is 13.8. The molecule has 1 aromatic carbocycles. The number of rotatable bonds is 7. The van der Waals surface area contributed by atoms with E-state index in [9.17, 15) is 14.3 Å². The summed E-state index contributed by atoms with van der Waals surface area (Å²) in [6.07, 6.45) is 15.0. The maximum Gasteiger partial charge on any atom is 0.279 e. The average molecular weight is 504 g/mol. The molecule has 0 saturated carbocycles. The number of aryl methyl sites for hydroxylation is 1. The average Bonchev–Trinajstić information content (AvgIpc) is 3.39. The molecular formula is C28H30FN5O3. The van der Waals surface area contributed by atoms with E-state index in [1.165, 1.54) is 12.2 Å². The molecule has 5 rings (SSSR count). The number of allylic oxidation sites excluding steroid dienone is 4. The van der Waals surface area contributed by atoms with Crippen LogP contribution < -0.4 is 4.74 Å². The number of aliphatic hydroxyl groups excluding tert-OH is 1. The summed E-state index contributed by atoms with van der Waals surface area (Å²) in [7, 11) is 1.61. The van der Waals surface area contributed by atoms with Crippen molar-refractivity contribution in [1.29, 1.82) is 0 Å². The number of amides is 1. The standard InChI is InChI=1S/C28H30FN5O3/c1-19-17-33(18-30-19)25-10-7-20(16-26(25)37-2)15-23-27(36)34-24(21-5-3-6-22(29)9-8-21)11-13-32(12-4-14-35)28(34)31-23/h3,5-10,15-18,21,24,35H,4,11-14H2,1-2H3/b23-15-. The first-order chi connectivity index (χ1) is 18.0. The lowest BCUT2D eigenvalue weighted by Crippen LogP contribution is -2.57. The number of carbonyl (C=O) groups is 1. The Bertz CT molecular complexity index is 1340. The highest BCUT2D eigenvalue weighted by atomic mass is 19.1. The quantitative estimate of drug-likeness (QED) is 0.582. The van der Waals surface area contributed by atoms with Gasteiger partial charge in [-0.15, -0.1) is 0 Å². The van der Waals surface area contributed by atoms with Gasteiger partial charge in [0.15, 0.2) is 0 Å². The molecule has 0 radical (unpaired) electrons. The summed E-state index contributed by atoms with van der Waals surface area (Å²) < 4.78 is 21.3. The molecular weight excluding hydrogens is 473 g/mol.